The minimum atomic E-state index is -0.102. The van der Waals surface area contributed by atoms with E-state index in [-0.39, 0.29) is 12.0 Å². The van der Waals surface area contributed by atoms with Crippen LogP contribution in [0.4, 0.5) is 0 Å². The lowest BCUT2D eigenvalue weighted by Crippen LogP contribution is -2.52. The molecule has 0 radical (unpaired) electrons. The first kappa shape index (κ1) is 19.7. The third kappa shape index (κ3) is 5.44. The van der Waals surface area contributed by atoms with E-state index in [2.05, 4.69) is 41.0 Å². The molecule has 1 aliphatic rings. The number of nitrogens with zero attached hydrogens (tertiary/aromatic N) is 4. The summed E-state index contributed by atoms with van der Waals surface area (Å²) in [6.45, 7) is 12.7. The third-order valence-electron chi connectivity index (χ3n) is 5.28. The highest BCUT2D eigenvalue weighted by Gasteiger charge is 2.26. The summed E-state index contributed by atoms with van der Waals surface area (Å²) in [7, 11) is 0. The molecule has 1 aromatic heterocycles. The van der Waals surface area contributed by atoms with Crippen LogP contribution in [0.5, 0.6) is 0 Å². The molecular formula is C18H33N5O2. The molecule has 2 N–H and O–H groups in total. The van der Waals surface area contributed by atoms with Gasteiger partial charge in [0.25, 0.3) is 0 Å². The van der Waals surface area contributed by atoms with Gasteiger partial charge in [-0.15, -0.1) is 0 Å². The van der Waals surface area contributed by atoms with Gasteiger partial charge in [-0.25, -0.2) is 0 Å². The van der Waals surface area contributed by atoms with Crippen molar-refractivity contribution in [3.8, 4) is 0 Å². The first-order valence-electron chi connectivity index (χ1n) is 9.42. The smallest absolute Gasteiger partial charge is 0.194 e. The van der Waals surface area contributed by atoms with Gasteiger partial charge in [0.05, 0.1) is 18.8 Å². The van der Waals surface area contributed by atoms with Gasteiger partial charge >= 0.3 is 0 Å². The Hall–Kier alpha value is -1.60. The van der Waals surface area contributed by atoms with Crippen LogP contribution in [0.25, 0.3) is 0 Å². The number of rotatable bonds is 8. The van der Waals surface area contributed by atoms with Gasteiger partial charge in [0, 0.05) is 50.7 Å². The van der Waals surface area contributed by atoms with Crippen LogP contribution < -0.4 is 5.32 Å². The maximum Gasteiger partial charge on any atom is 0.194 e. The molecule has 0 saturated carbocycles. The van der Waals surface area contributed by atoms with E-state index in [9.17, 15) is 5.11 Å². The second kappa shape index (κ2) is 9.77. The summed E-state index contributed by atoms with van der Waals surface area (Å²) in [5.74, 6) is 0.961. The van der Waals surface area contributed by atoms with Crippen molar-refractivity contribution in [3.05, 3.63) is 18.0 Å². The van der Waals surface area contributed by atoms with Crippen molar-refractivity contribution in [2.75, 3.05) is 45.9 Å². The average molecular weight is 351 g/mol. The number of hydrogen-bond donors (Lipinski definition) is 2. The van der Waals surface area contributed by atoms with Crippen LogP contribution in [0, 0.1) is 5.41 Å². The Morgan fingerprint density at radius 3 is 2.52 bits per heavy atom. The van der Waals surface area contributed by atoms with E-state index in [1.54, 1.807) is 6.26 Å². The fraction of sp³-hybridized carbons (Fsp3) is 0.778. The molecule has 0 amide bonds. The molecule has 2 rings (SSSR count). The van der Waals surface area contributed by atoms with Crippen molar-refractivity contribution in [2.24, 2.45) is 10.4 Å². The van der Waals surface area contributed by atoms with E-state index in [1.807, 2.05) is 6.07 Å². The summed E-state index contributed by atoms with van der Waals surface area (Å²) in [6.07, 6.45) is 3.50. The SMILES string of the molecule is CCNC(=NCC(CC)(CC)CO)N1CCN(Cc2ccon2)CC1. The van der Waals surface area contributed by atoms with E-state index in [4.69, 9.17) is 9.52 Å². The van der Waals surface area contributed by atoms with Crippen molar-refractivity contribution in [2.45, 2.75) is 40.2 Å². The molecule has 25 heavy (non-hydrogen) atoms. The monoisotopic (exact) mass is 351 g/mol. The average Bonchev–Trinajstić information content (AvgIpc) is 3.16. The van der Waals surface area contributed by atoms with Gasteiger partial charge in [0.1, 0.15) is 6.26 Å². The first-order chi connectivity index (χ1) is 12.2. The Kier molecular flexibility index (Phi) is 7.71. The number of aliphatic imine (C=N–C) groups is 1. The Bertz CT molecular complexity index is 497. The highest BCUT2D eigenvalue weighted by atomic mass is 16.5. The van der Waals surface area contributed by atoms with Crippen molar-refractivity contribution >= 4 is 5.96 Å². The zero-order valence-corrected chi connectivity index (χ0v) is 15.9. The Balaban J connectivity index is 1.93. The number of nitrogens with one attached hydrogen (secondary N) is 1. The molecule has 0 aliphatic carbocycles. The van der Waals surface area contributed by atoms with Crippen molar-refractivity contribution < 1.29 is 9.63 Å². The number of aromatic nitrogens is 1. The zero-order valence-electron chi connectivity index (χ0n) is 15.9. The number of aliphatic hydroxyl groups excluding tert-OH is 1. The Labute approximate surface area is 151 Å². The predicted octanol–water partition coefficient (Wildman–Crippen LogP) is 1.56. The summed E-state index contributed by atoms with van der Waals surface area (Å²) in [5.41, 5.74) is 0.878. The van der Waals surface area contributed by atoms with E-state index < -0.39 is 0 Å². The number of piperazine rings is 1. The highest BCUT2D eigenvalue weighted by molar-refractivity contribution is 5.80. The number of aliphatic hydroxyl groups is 1. The molecule has 1 fully saturated rings. The van der Waals surface area contributed by atoms with Gasteiger partial charge in [-0.3, -0.25) is 9.89 Å². The molecule has 7 nitrogen and oxygen atoms in total. The van der Waals surface area contributed by atoms with Crippen molar-refractivity contribution in [1.29, 1.82) is 0 Å². The molecule has 0 unspecified atom stereocenters. The topological polar surface area (TPSA) is 77.1 Å². The highest BCUT2D eigenvalue weighted by Crippen LogP contribution is 2.26. The minimum Gasteiger partial charge on any atom is -0.396 e. The predicted molar refractivity (Wildman–Crippen MR) is 99.4 cm³/mol. The third-order valence-corrected chi connectivity index (χ3v) is 5.28. The van der Waals surface area contributed by atoms with Gasteiger partial charge in [0.15, 0.2) is 5.96 Å². The standard InChI is InChI=1S/C18H33N5O2/c1-4-18(5-2,15-24)14-20-17(19-6-3)23-10-8-22(9-11-23)13-16-7-12-25-21-16/h7,12,24H,4-6,8-11,13-15H2,1-3H3,(H,19,20). The Morgan fingerprint density at radius 1 is 1.28 bits per heavy atom. The normalized spacial score (nSPS) is 17.1. The largest absolute Gasteiger partial charge is 0.396 e. The number of hydrogen-bond acceptors (Lipinski definition) is 5. The molecule has 0 aromatic carbocycles. The minimum absolute atomic E-state index is 0.102. The number of guanidine groups is 1. The van der Waals surface area contributed by atoms with Crippen LogP contribution >= 0.6 is 0 Å². The summed E-state index contributed by atoms with van der Waals surface area (Å²) < 4.78 is 4.91. The van der Waals surface area contributed by atoms with Crippen LogP contribution in [0.1, 0.15) is 39.3 Å². The van der Waals surface area contributed by atoms with Gasteiger partial charge in [0.2, 0.25) is 0 Å². The summed E-state index contributed by atoms with van der Waals surface area (Å²) in [5, 5.41) is 17.2. The molecule has 0 atom stereocenters. The van der Waals surface area contributed by atoms with E-state index in [0.717, 1.165) is 63.8 Å². The molecule has 0 bridgehead atoms. The van der Waals surface area contributed by atoms with Gasteiger partial charge < -0.3 is 19.8 Å². The maximum atomic E-state index is 9.76. The van der Waals surface area contributed by atoms with Crippen LogP contribution in [0.2, 0.25) is 0 Å². The fourth-order valence-corrected chi connectivity index (χ4v) is 3.08. The lowest BCUT2D eigenvalue weighted by Gasteiger charge is -2.37. The van der Waals surface area contributed by atoms with Crippen LogP contribution in [-0.4, -0.2) is 71.9 Å². The lowest BCUT2D eigenvalue weighted by atomic mass is 9.83. The van der Waals surface area contributed by atoms with Gasteiger partial charge in [-0.1, -0.05) is 19.0 Å². The molecule has 142 valence electrons. The molecule has 0 spiro atoms. The zero-order chi connectivity index (χ0) is 18.1. The van der Waals surface area contributed by atoms with Crippen molar-refractivity contribution in [1.82, 2.24) is 20.3 Å². The van der Waals surface area contributed by atoms with E-state index in [0.29, 0.717) is 6.54 Å². The van der Waals surface area contributed by atoms with Crippen LogP contribution in [-0.2, 0) is 6.54 Å². The quantitative estimate of drug-likeness (QED) is 0.547. The maximum absolute atomic E-state index is 9.76. The van der Waals surface area contributed by atoms with Crippen LogP contribution in [0.15, 0.2) is 21.8 Å². The second-order valence-corrected chi connectivity index (χ2v) is 6.79. The summed E-state index contributed by atoms with van der Waals surface area (Å²) >= 11 is 0. The van der Waals surface area contributed by atoms with Gasteiger partial charge in [-0.05, 0) is 19.8 Å². The fourth-order valence-electron chi connectivity index (χ4n) is 3.08. The molecular weight excluding hydrogens is 318 g/mol. The Morgan fingerprint density at radius 2 is 2.00 bits per heavy atom. The first-order valence-corrected chi connectivity index (χ1v) is 9.42. The molecule has 1 aromatic rings. The molecule has 7 heteroatoms. The molecule has 1 saturated heterocycles. The van der Waals surface area contributed by atoms with E-state index >= 15 is 0 Å². The van der Waals surface area contributed by atoms with Crippen LogP contribution in [0.3, 0.4) is 0 Å². The van der Waals surface area contributed by atoms with E-state index in [1.165, 1.54) is 0 Å². The summed E-state index contributed by atoms with van der Waals surface area (Å²) in [4.78, 5) is 9.55. The lowest BCUT2D eigenvalue weighted by molar-refractivity contribution is 0.122. The summed E-state index contributed by atoms with van der Waals surface area (Å²) in [6, 6.07) is 1.92. The molecule has 1 aliphatic heterocycles. The van der Waals surface area contributed by atoms with Crippen molar-refractivity contribution in [3.63, 3.8) is 0 Å². The van der Waals surface area contributed by atoms with Gasteiger partial charge in [-0.2, -0.15) is 0 Å². The molecule has 2 heterocycles. The second-order valence-electron chi connectivity index (χ2n) is 6.79.